The van der Waals surface area contributed by atoms with E-state index in [-0.39, 0.29) is 11.4 Å². The van der Waals surface area contributed by atoms with Crippen molar-refractivity contribution < 1.29 is 23.1 Å². The fourth-order valence-corrected chi connectivity index (χ4v) is 2.48. The zero-order chi connectivity index (χ0) is 19.7. The molecule has 0 bridgehead atoms. The van der Waals surface area contributed by atoms with E-state index in [1.807, 2.05) is 0 Å². The number of carbonyl (C=O) groups is 1. The summed E-state index contributed by atoms with van der Waals surface area (Å²) in [5.74, 6) is -0.698. The van der Waals surface area contributed by atoms with Crippen molar-refractivity contribution in [2.24, 2.45) is 5.41 Å². The Kier molecular flexibility index (Phi) is 5.63. The van der Waals surface area contributed by atoms with Gasteiger partial charge in [-0.2, -0.15) is 13.2 Å². The maximum absolute atomic E-state index is 13.4. The standard InChI is InChI=1S/C18H18ClF3N2O2/c1-17(2,3)16(26)24-15-13(19)12(11(9-23-15)18(20,21)22)14(25)10-7-5-4-6-8-10/h4-9,14,25H,1-3H3,(H,23,24,26)/t14-/m1/s1. The van der Waals surface area contributed by atoms with Crippen molar-refractivity contribution >= 4 is 23.3 Å². The molecule has 4 nitrogen and oxygen atoms in total. The van der Waals surface area contributed by atoms with Gasteiger partial charge in [0.15, 0.2) is 5.82 Å². The monoisotopic (exact) mass is 386 g/mol. The Morgan fingerprint density at radius 1 is 1.19 bits per heavy atom. The minimum absolute atomic E-state index is 0.232. The number of rotatable bonds is 3. The van der Waals surface area contributed by atoms with Gasteiger partial charge in [-0.05, 0) is 5.56 Å². The van der Waals surface area contributed by atoms with Crippen LogP contribution < -0.4 is 5.32 Å². The van der Waals surface area contributed by atoms with Gasteiger partial charge in [-0.15, -0.1) is 0 Å². The van der Waals surface area contributed by atoms with E-state index in [2.05, 4.69) is 10.3 Å². The van der Waals surface area contributed by atoms with E-state index in [0.717, 1.165) is 0 Å². The van der Waals surface area contributed by atoms with E-state index in [0.29, 0.717) is 6.20 Å². The highest BCUT2D eigenvalue weighted by atomic mass is 35.5. The minimum atomic E-state index is -4.77. The summed E-state index contributed by atoms with van der Waals surface area (Å²) in [6, 6.07) is 7.81. The number of anilines is 1. The van der Waals surface area contributed by atoms with Gasteiger partial charge < -0.3 is 10.4 Å². The van der Waals surface area contributed by atoms with Crippen LogP contribution in [0.1, 0.15) is 43.6 Å². The molecular weight excluding hydrogens is 369 g/mol. The average molecular weight is 387 g/mol. The number of benzene rings is 1. The number of aliphatic hydroxyl groups excluding tert-OH is 1. The summed E-state index contributed by atoms with van der Waals surface area (Å²) in [7, 11) is 0. The molecule has 0 saturated carbocycles. The van der Waals surface area contributed by atoms with E-state index in [1.165, 1.54) is 12.1 Å². The molecule has 0 unspecified atom stereocenters. The Balaban J connectivity index is 2.59. The number of hydrogen-bond acceptors (Lipinski definition) is 3. The molecule has 1 atom stereocenters. The van der Waals surface area contributed by atoms with Gasteiger partial charge in [-0.3, -0.25) is 4.79 Å². The first-order valence-corrected chi connectivity index (χ1v) is 8.10. The van der Waals surface area contributed by atoms with Crippen LogP contribution in [0.4, 0.5) is 19.0 Å². The van der Waals surface area contributed by atoms with Crippen LogP contribution in [0.15, 0.2) is 36.5 Å². The maximum atomic E-state index is 13.4. The Bertz CT molecular complexity index is 803. The van der Waals surface area contributed by atoms with Crippen molar-refractivity contribution in [1.29, 1.82) is 0 Å². The summed E-state index contributed by atoms with van der Waals surface area (Å²) in [6.45, 7) is 4.92. The molecule has 0 saturated heterocycles. The van der Waals surface area contributed by atoms with Crippen LogP contribution in [0.25, 0.3) is 0 Å². The first kappa shape index (κ1) is 20.2. The topological polar surface area (TPSA) is 62.2 Å². The second-order valence-electron chi connectivity index (χ2n) is 6.76. The van der Waals surface area contributed by atoms with Gasteiger partial charge in [0, 0.05) is 17.2 Å². The third-order valence-corrected chi connectivity index (χ3v) is 4.05. The molecule has 0 spiro atoms. The van der Waals surface area contributed by atoms with Gasteiger partial charge in [0.2, 0.25) is 5.91 Å². The van der Waals surface area contributed by atoms with Crippen LogP contribution in [0.5, 0.6) is 0 Å². The summed E-state index contributed by atoms with van der Waals surface area (Å²) in [6.07, 6.45) is -5.84. The molecule has 0 fully saturated rings. The van der Waals surface area contributed by atoms with Gasteiger partial charge in [0.05, 0.1) is 10.6 Å². The Morgan fingerprint density at radius 3 is 2.27 bits per heavy atom. The van der Waals surface area contributed by atoms with Gasteiger partial charge in [-0.25, -0.2) is 4.98 Å². The van der Waals surface area contributed by atoms with Crippen molar-refractivity contribution in [3.05, 3.63) is 58.2 Å². The molecule has 1 amide bonds. The lowest BCUT2D eigenvalue weighted by molar-refractivity contribution is -0.139. The van der Waals surface area contributed by atoms with Crippen LogP contribution in [-0.2, 0) is 11.0 Å². The second-order valence-corrected chi connectivity index (χ2v) is 7.14. The van der Waals surface area contributed by atoms with Gasteiger partial charge in [-0.1, -0.05) is 62.7 Å². The summed E-state index contributed by atoms with van der Waals surface area (Å²) < 4.78 is 40.2. The summed E-state index contributed by atoms with van der Waals surface area (Å²) in [5, 5.41) is 12.5. The van der Waals surface area contributed by atoms with Crippen LogP contribution in [0.3, 0.4) is 0 Å². The van der Waals surface area contributed by atoms with E-state index >= 15 is 0 Å². The van der Waals surface area contributed by atoms with E-state index in [4.69, 9.17) is 11.6 Å². The molecule has 0 radical (unpaired) electrons. The molecule has 2 aromatic rings. The van der Waals surface area contributed by atoms with E-state index < -0.39 is 39.8 Å². The highest BCUT2D eigenvalue weighted by molar-refractivity contribution is 6.34. The van der Waals surface area contributed by atoms with Crippen LogP contribution >= 0.6 is 11.6 Å². The molecule has 26 heavy (non-hydrogen) atoms. The van der Waals surface area contributed by atoms with Crippen molar-refractivity contribution in [1.82, 2.24) is 4.98 Å². The van der Waals surface area contributed by atoms with E-state index in [1.54, 1.807) is 39.0 Å². The fraction of sp³-hybridized carbons (Fsp3) is 0.333. The summed E-state index contributed by atoms with van der Waals surface area (Å²) in [5.41, 5.74) is -2.28. The molecule has 0 aliphatic rings. The number of hydrogen-bond donors (Lipinski definition) is 2. The molecule has 0 aliphatic carbocycles. The number of halogens is 4. The lowest BCUT2D eigenvalue weighted by Crippen LogP contribution is -2.28. The maximum Gasteiger partial charge on any atom is 0.418 e. The highest BCUT2D eigenvalue weighted by Crippen LogP contribution is 2.42. The fourth-order valence-electron chi connectivity index (χ4n) is 2.18. The predicted molar refractivity (Wildman–Crippen MR) is 92.8 cm³/mol. The number of aliphatic hydroxyl groups is 1. The van der Waals surface area contributed by atoms with Crippen molar-refractivity contribution in [3.8, 4) is 0 Å². The van der Waals surface area contributed by atoms with Crippen LogP contribution in [0.2, 0.25) is 5.02 Å². The number of amides is 1. The molecule has 1 heterocycles. The Morgan fingerprint density at radius 2 is 1.77 bits per heavy atom. The molecule has 2 rings (SSSR count). The largest absolute Gasteiger partial charge is 0.418 e. The van der Waals surface area contributed by atoms with Crippen LogP contribution in [-0.4, -0.2) is 16.0 Å². The van der Waals surface area contributed by atoms with Crippen molar-refractivity contribution in [3.63, 3.8) is 0 Å². The van der Waals surface area contributed by atoms with Crippen LogP contribution in [0, 0.1) is 5.41 Å². The normalized spacial score (nSPS) is 13.4. The molecule has 1 aromatic carbocycles. The van der Waals surface area contributed by atoms with Gasteiger partial charge in [0.1, 0.15) is 6.10 Å². The first-order valence-electron chi connectivity index (χ1n) is 7.73. The number of alkyl halides is 3. The molecule has 2 N–H and O–H groups in total. The first-order chi connectivity index (χ1) is 11.9. The van der Waals surface area contributed by atoms with Gasteiger partial charge in [0.25, 0.3) is 0 Å². The zero-order valence-corrected chi connectivity index (χ0v) is 15.1. The molecule has 1 aromatic heterocycles. The van der Waals surface area contributed by atoms with Crippen molar-refractivity contribution in [2.45, 2.75) is 33.1 Å². The molecule has 0 aliphatic heterocycles. The third-order valence-electron chi connectivity index (χ3n) is 3.66. The summed E-state index contributed by atoms with van der Waals surface area (Å²) >= 11 is 6.12. The number of nitrogens with zero attached hydrogens (tertiary/aromatic N) is 1. The Hall–Kier alpha value is -2.12. The molecule has 140 valence electrons. The zero-order valence-electron chi connectivity index (χ0n) is 14.4. The number of aromatic nitrogens is 1. The van der Waals surface area contributed by atoms with Crippen molar-refractivity contribution in [2.75, 3.05) is 5.32 Å². The number of pyridine rings is 1. The Labute approximate surface area is 154 Å². The third kappa shape index (κ3) is 4.34. The smallest absolute Gasteiger partial charge is 0.384 e. The SMILES string of the molecule is CC(C)(C)C(=O)Nc1ncc(C(F)(F)F)c([C@H](O)c2ccccc2)c1Cl. The molecular formula is C18H18ClF3N2O2. The molecule has 8 heteroatoms. The highest BCUT2D eigenvalue weighted by Gasteiger charge is 2.38. The quantitative estimate of drug-likeness (QED) is 0.795. The summed E-state index contributed by atoms with van der Waals surface area (Å²) in [4.78, 5) is 15.8. The predicted octanol–water partition coefficient (Wildman–Crippen LogP) is 4.82. The number of carbonyl (C=O) groups excluding carboxylic acids is 1. The number of nitrogens with one attached hydrogen (secondary N) is 1. The minimum Gasteiger partial charge on any atom is -0.384 e. The van der Waals surface area contributed by atoms with E-state index in [9.17, 15) is 23.1 Å². The second kappa shape index (κ2) is 7.25. The lowest BCUT2D eigenvalue weighted by atomic mass is 9.95. The lowest BCUT2D eigenvalue weighted by Gasteiger charge is -2.22. The van der Waals surface area contributed by atoms with Gasteiger partial charge >= 0.3 is 6.18 Å². The average Bonchev–Trinajstić information content (AvgIpc) is 2.54.